The molecule has 4 nitrogen and oxygen atoms in total. The van der Waals surface area contributed by atoms with Gasteiger partial charge in [-0.2, -0.15) is 0 Å². The third-order valence-corrected chi connectivity index (χ3v) is 3.11. The first-order valence-corrected chi connectivity index (χ1v) is 7.03. The Hall–Kier alpha value is -1.17. The Labute approximate surface area is 131 Å². The molecule has 1 unspecified atom stereocenters. The molecule has 0 aliphatic heterocycles. The highest BCUT2D eigenvalue weighted by atomic mass is 35.5. The zero-order valence-electron chi connectivity index (χ0n) is 12.1. The van der Waals surface area contributed by atoms with Gasteiger partial charge in [0.15, 0.2) is 0 Å². The van der Waals surface area contributed by atoms with E-state index in [-0.39, 0.29) is 30.7 Å². The topological polar surface area (TPSA) is 75.4 Å². The fourth-order valence-corrected chi connectivity index (χ4v) is 1.89. The number of benzene rings is 1. The summed E-state index contributed by atoms with van der Waals surface area (Å²) in [4.78, 5) is 11.6. The van der Waals surface area contributed by atoms with Crippen molar-refractivity contribution in [3.05, 3.63) is 35.6 Å². The predicted octanol–water partition coefficient (Wildman–Crippen LogP) is 2.31. The van der Waals surface area contributed by atoms with Crippen LogP contribution in [0, 0.1) is 5.82 Å². The van der Waals surface area contributed by atoms with Crippen molar-refractivity contribution in [2.45, 2.75) is 38.2 Å². The number of hydrogen-bond donors (Lipinski definition) is 3. The first-order valence-electron chi connectivity index (χ1n) is 7.03. The molecule has 1 rings (SSSR count). The number of nitrogens with one attached hydrogen (secondary N) is 1. The van der Waals surface area contributed by atoms with Gasteiger partial charge in [-0.1, -0.05) is 25.0 Å². The van der Waals surface area contributed by atoms with Crippen molar-refractivity contribution in [3.63, 3.8) is 0 Å². The van der Waals surface area contributed by atoms with Gasteiger partial charge in [-0.3, -0.25) is 4.79 Å². The summed E-state index contributed by atoms with van der Waals surface area (Å²) in [7, 11) is 0. The van der Waals surface area contributed by atoms with E-state index in [9.17, 15) is 14.3 Å². The molecule has 1 atom stereocenters. The van der Waals surface area contributed by atoms with Crippen molar-refractivity contribution < 1.29 is 14.3 Å². The Morgan fingerprint density at radius 1 is 1.19 bits per heavy atom. The van der Waals surface area contributed by atoms with E-state index in [1.807, 2.05) is 0 Å². The van der Waals surface area contributed by atoms with Crippen LogP contribution in [0.5, 0.6) is 0 Å². The molecule has 0 radical (unpaired) electrons. The molecule has 1 aromatic rings. The molecule has 1 amide bonds. The molecule has 6 heteroatoms. The van der Waals surface area contributed by atoms with Crippen LogP contribution in [0.15, 0.2) is 24.3 Å². The minimum atomic E-state index is -0.809. The summed E-state index contributed by atoms with van der Waals surface area (Å²) in [5.74, 6) is -0.415. The van der Waals surface area contributed by atoms with Gasteiger partial charge >= 0.3 is 0 Å². The summed E-state index contributed by atoms with van der Waals surface area (Å²) in [6.45, 7) is 0.837. The highest BCUT2D eigenvalue weighted by molar-refractivity contribution is 5.85. The van der Waals surface area contributed by atoms with Gasteiger partial charge < -0.3 is 16.2 Å². The van der Waals surface area contributed by atoms with Gasteiger partial charge in [0.25, 0.3) is 0 Å². The molecular weight excluding hydrogens is 295 g/mol. The normalized spacial score (nSPS) is 11.6. The first-order chi connectivity index (χ1) is 9.63. The van der Waals surface area contributed by atoms with Crippen LogP contribution in [0.25, 0.3) is 0 Å². The maximum atomic E-state index is 12.7. The Bertz CT molecular complexity index is 401. The second-order valence-corrected chi connectivity index (χ2v) is 4.82. The molecule has 21 heavy (non-hydrogen) atoms. The quantitative estimate of drug-likeness (QED) is 0.612. The van der Waals surface area contributed by atoms with Gasteiger partial charge in [0.1, 0.15) is 5.82 Å². The Morgan fingerprint density at radius 3 is 2.43 bits per heavy atom. The summed E-state index contributed by atoms with van der Waals surface area (Å²) in [5.41, 5.74) is 5.98. The number of rotatable bonds is 9. The minimum absolute atomic E-state index is 0. The average molecular weight is 319 g/mol. The van der Waals surface area contributed by atoms with Gasteiger partial charge in [-0.25, -0.2) is 4.39 Å². The predicted molar refractivity (Wildman–Crippen MR) is 83.8 cm³/mol. The molecule has 0 saturated heterocycles. The number of aliphatic hydroxyl groups is 1. The molecule has 0 aromatic heterocycles. The lowest BCUT2D eigenvalue weighted by molar-refractivity contribution is -0.121. The molecule has 0 fully saturated rings. The van der Waals surface area contributed by atoms with Crippen LogP contribution in [0.1, 0.15) is 43.8 Å². The van der Waals surface area contributed by atoms with Crippen molar-refractivity contribution in [1.82, 2.24) is 5.32 Å². The lowest BCUT2D eigenvalue weighted by atomic mass is 10.1. The van der Waals surface area contributed by atoms with E-state index in [0.717, 1.165) is 25.7 Å². The Morgan fingerprint density at radius 2 is 1.81 bits per heavy atom. The van der Waals surface area contributed by atoms with E-state index in [1.54, 1.807) is 0 Å². The molecule has 0 saturated carbocycles. The Kier molecular flexibility index (Phi) is 10.8. The van der Waals surface area contributed by atoms with Crippen molar-refractivity contribution >= 4 is 18.3 Å². The Balaban J connectivity index is 0.00000400. The molecule has 0 spiro atoms. The van der Waals surface area contributed by atoms with E-state index >= 15 is 0 Å². The second-order valence-electron chi connectivity index (χ2n) is 4.82. The van der Waals surface area contributed by atoms with Crippen LogP contribution in [0.4, 0.5) is 4.39 Å². The monoisotopic (exact) mass is 318 g/mol. The van der Waals surface area contributed by atoms with Gasteiger partial charge in [0.2, 0.25) is 5.91 Å². The number of aliphatic hydroxyl groups excluding tert-OH is 1. The maximum absolute atomic E-state index is 12.7. The molecule has 0 aliphatic carbocycles. The fourth-order valence-electron chi connectivity index (χ4n) is 1.89. The lowest BCUT2D eigenvalue weighted by Crippen LogP contribution is -2.28. The highest BCUT2D eigenvalue weighted by Crippen LogP contribution is 2.12. The molecule has 0 bridgehead atoms. The number of halogens is 2. The SMILES string of the molecule is Cl.NCCCCCCC(=O)NCC(O)c1ccc(F)cc1. The first kappa shape index (κ1) is 19.8. The van der Waals surface area contributed by atoms with E-state index in [2.05, 4.69) is 5.32 Å². The van der Waals surface area contributed by atoms with Crippen molar-refractivity contribution in [1.29, 1.82) is 0 Å². The zero-order chi connectivity index (χ0) is 14.8. The molecule has 0 aliphatic rings. The van der Waals surface area contributed by atoms with Gasteiger partial charge in [-0.15, -0.1) is 12.4 Å². The molecule has 1 aromatic carbocycles. The van der Waals surface area contributed by atoms with Gasteiger partial charge in [0.05, 0.1) is 6.10 Å². The summed E-state index contributed by atoms with van der Waals surface area (Å²) >= 11 is 0. The molecular formula is C15H24ClFN2O2. The van der Waals surface area contributed by atoms with Crippen molar-refractivity contribution in [3.8, 4) is 0 Å². The van der Waals surface area contributed by atoms with E-state index in [1.165, 1.54) is 24.3 Å². The number of hydrogen-bond acceptors (Lipinski definition) is 3. The molecule has 0 heterocycles. The van der Waals surface area contributed by atoms with Crippen LogP contribution in [0.2, 0.25) is 0 Å². The van der Waals surface area contributed by atoms with Gasteiger partial charge in [-0.05, 0) is 37.1 Å². The molecule has 120 valence electrons. The fraction of sp³-hybridized carbons (Fsp3) is 0.533. The van der Waals surface area contributed by atoms with Gasteiger partial charge in [0, 0.05) is 13.0 Å². The van der Waals surface area contributed by atoms with Crippen LogP contribution in [-0.2, 0) is 4.79 Å². The third kappa shape index (κ3) is 8.65. The van der Waals surface area contributed by atoms with E-state index in [4.69, 9.17) is 5.73 Å². The zero-order valence-corrected chi connectivity index (χ0v) is 12.9. The van der Waals surface area contributed by atoms with E-state index < -0.39 is 6.10 Å². The van der Waals surface area contributed by atoms with Crippen LogP contribution in [-0.4, -0.2) is 24.1 Å². The van der Waals surface area contributed by atoms with Crippen molar-refractivity contribution in [2.75, 3.05) is 13.1 Å². The number of amides is 1. The van der Waals surface area contributed by atoms with Crippen LogP contribution in [0.3, 0.4) is 0 Å². The van der Waals surface area contributed by atoms with Crippen LogP contribution < -0.4 is 11.1 Å². The number of nitrogens with two attached hydrogens (primary N) is 1. The summed E-state index contributed by atoms with van der Waals surface area (Å²) < 4.78 is 12.7. The highest BCUT2D eigenvalue weighted by Gasteiger charge is 2.09. The summed E-state index contributed by atoms with van der Waals surface area (Å²) in [6, 6.07) is 5.60. The summed E-state index contributed by atoms with van der Waals surface area (Å²) in [6.07, 6.45) is 3.51. The number of carbonyl (C=O) groups excluding carboxylic acids is 1. The number of carbonyl (C=O) groups is 1. The maximum Gasteiger partial charge on any atom is 0.220 e. The van der Waals surface area contributed by atoms with Crippen molar-refractivity contribution in [2.24, 2.45) is 5.73 Å². The average Bonchev–Trinajstić information content (AvgIpc) is 2.45. The minimum Gasteiger partial charge on any atom is -0.387 e. The van der Waals surface area contributed by atoms with E-state index in [0.29, 0.717) is 18.5 Å². The number of unbranched alkanes of at least 4 members (excludes halogenated alkanes) is 3. The lowest BCUT2D eigenvalue weighted by Gasteiger charge is -2.12. The van der Waals surface area contributed by atoms with Crippen LogP contribution >= 0.6 is 12.4 Å². The largest absolute Gasteiger partial charge is 0.387 e. The molecule has 4 N–H and O–H groups in total. The smallest absolute Gasteiger partial charge is 0.220 e. The summed E-state index contributed by atoms with van der Waals surface area (Å²) in [5, 5.41) is 12.5. The second kappa shape index (κ2) is 11.5. The standard InChI is InChI=1S/C15H23FN2O2.ClH/c16-13-8-6-12(7-9-13)14(19)11-18-15(20)5-3-1-2-4-10-17;/h6-9,14,19H,1-5,10-11,17H2,(H,18,20);1H. The third-order valence-electron chi connectivity index (χ3n) is 3.11.